The van der Waals surface area contributed by atoms with Crippen LogP contribution in [0, 0.1) is 5.92 Å². The van der Waals surface area contributed by atoms with Gasteiger partial charge in [0.15, 0.2) is 8.32 Å². The third-order valence-electron chi connectivity index (χ3n) is 6.06. The van der Waals surface area contributed by atoms with Gasteiger partial charge >= 0.3 is 6.09 Å². The van der Waals surface area contributed by atoms with Crippen molar-refractivity contribution in [3.05, 3.63) is 18.5 Å². The number of nitrogen functional groups attached to an aromatic ring is 1. The molecule has 2 heterocycles. The van der Waals surface area contributed by atoms with Crippen LogP contribution in [0.4, 0.5) is 16.2 Å². The van der Waals surface area contributed by atoms with E-state index in [0.717, 1.165) is 25.1 Å². The van der Waals surface area contributed by atoms with E-state index in [9.17, 15) is 9.59 Å². The number of carbonyl (C=O) groups excluding carboxylic acids is 1. The molecular formula is C21H38N4O3Si. The van der Waals surface area contributed by atoms with Gasteiger partial charge in [0.2, 0.25) is 0 Å². The van der Waals surface area contributed by atoms with Crippen molar-refractivity contribution in [3.63, 3.8) is 0 Å². The SMILES string of the molecule is CC(C)(C)OC(=O)N[C@@H]1CN(c2ccncc2N)CC[C@H]1CC(C)(C)[Si](C)(C)O. The third kappa shape index (κ3) is 6.34. The first kappa shape index (κ1) is 23.5. The van der Waals surface area contributed by atoms with Gasteiger partial charge < -0.3 is 25.5 Å². The molecule has 1 amide bonds. The molecule has 0 saturated carbocycles. The molecule has 29 heavy (non-hydrogen) atoms. The summed E-state index contributed by atoms with van der Waals surface area (Å²) < 4.78 is 5.51. The summed E-state index contributed by atoms with van der Waals surface area (Å²) >= 11 is 0. The van der Waals surface area contributed by atoms with Crippen molar-refractivity contribution < 1.29 is 14.3 Å². The van der Waals surface area contributed by atoms with Gasteiger partial charge in [-0.3, -0.25) is 4.98 Å². The first-order chi connectivity index (χ1) is 13.2. The van der Waals surface area contributed by atoms with Crippen molar-refractivity contribution in [3.8, 4) is 0 Å². The van der Waals surface area contributed by atoms with Crippen molar-refractivity contribution in [2.45, 2.75) is 77.2 Å². The van der Waals surface area contributed by atoms with Crippen LogP contribution in [-0.2, 0) is 4.74 Å². The number of piperidine rings is 1. The van der Waals surface area contributed by atoms with Gasteiger partial charge in [0.25, 0.3) is 0 Å². The van der Waals surface area contributed by atoms with Crippen LogP contribution in [0.3, 0.4) is 0 Å². The fourth-order valence-corrected chi connectivity index (χ4v) is 4.44. The second-order valence-corrected chi connectivity index (χ2v) is 14.8. The lowest BCUT2D eigenvalue weighted by Gasteiger charge is -2.45. The smallest absolute Gasteiger partial charge is 0.407 e. The van der Waals surface area contributed by atoms with Gasteiger partial charge in [0.05, 0.1) is 23.6 Å². The van der Waals surface area contributed by atoms with Crippen molar-refractivity contribution >= 4 is 25.8 Å². The van der Waals surface area contributed by atoms with Crippen molar-refractivity contribution in [1.29, 1.82) is 0 Å². The molecule has 1 fully saturated rings. The maximum atomic E-state index is 12.5. The van der Waals surface area contributed by atoms with Crippen LogP contribution >= 0.6 is 0 Å². The van der Waals surface area contributed by atoms with Gasteiger partial charge in [-0.15, -0.1) is 0 Å². The summed E-state index contributed by atoms with van der Waals surface area (Å²) in [5.74, 6) is 0.246. The Morgan fingerprint density at radius 2 is 2.03 bits per heavy atom. The Kier molecular flexibility index (Phi) is 6.89. The number of aromatic nitrogens is 1. The van der Waals surface area contributed by atoms with Gasteiger partial charge in [-0.05, 0) is 63.7 Å². The average Bonchev–Trinajstić information content (AvgIpc) is 2.54. The monoisotopic (exact) mass is 422 g/mol. The molecule has 0 radical (unpaired) electrons. The number of amides is 1. The lowest BCUT2D eigenvalue weighted by molar-refractivity contribution is 0.0475. The molecule has 8 heteroatoms. The van der Waals surface area contributed by atoms with Gasteiger partial charge in [0, 0.05) is 19.3 Å². The maximum Gasteiger partial charge on any atom is 0.407 e. The number of alkyl carbamates (subject to hydrolysis) is 1. The standard InChI is InChI=1S/C21H38N4O3Si/c1-20(2,3)28-19(26)24-17-14-25(18-8-10-23-13-16(18)22)11-9-15(17)12-21(4,5)29(6,7)27/h8,10,13,15,17,27H,9,11-12,14,22H2,1-7H3,(H,24,26)/t15-,17+/m0/s1. The van der Waals surface area contributed by atoms with Crippen LogP contribution in [-0.4, -0.2) is 48.9 Å². The highest BCUT2D eigenvalue weighted by molar-refractivity contribution is 6.72. The molecule has 1 saturated heterocycles. The summed E-state index contributed by atoms with van der Waals surface area (Å²) in [7, 11) is -2.35. The van der Waals surface area contributed by atoms with E-state index in [4.69, 9.17) is 10.5 Å². The fourth-order valence-electron chi connectivity index (χ4n) is 3.68. The molecule has 0 bridgehead atoms. The predicted molar refractivity (Wildman–Crippen MR) is 120 cm³/mol. The molecule has 0 spiro atoms. The maximum absolute atomic E-state index is 12.5. The summed E-state index contributed by atoms with van der Waals surface area (Å²) in [5.41, 5.74) is 7.14. The molecule has 1 aliphatic rings. The van der Waals surface area contributed by atoms with Crippen LogP contribution in [0.1, 0.15) is 47.5 Å². The molecule has 4 N–H and O–H groups in total. The van der Waals surface area contributed by atoms with Gasteiger partial charge in [-0.2, -0.15) is 0 Å². The molecule has 1 aromatic heterocycles. The number of nitrogens with zero attached hydrogens (tertiary/aromatic N) is 2. The van der Waals surface area contributed by atoms with Crippen LogP contribution in [0.2, 0.25) is 18.1 Å². The number of rotatable bonds is 5. The normalized spacial score (nSPS) is 21.0. The minimum absolute atomic E-state index is 0.0956. The van der Waals surface area contributed by atoms with Crippen molar-refractivity contribution in [1.82, 2.24) is 10.3 Å². The fraction of sp³-hybridized carbons (Fsp3) is 0.714. The summed E-state index contributed by atoms with van der Waals surface area (Å²) in [6.07, 6.45) is 4.73. The molecule has 0 unspecified atom stereocenters. The minimum Gasteiger partial charge on any atom is -0.444 e. The van der Waals surface area contributed by atoms with E-state index >= 15 is 0 Å². The van der Waals surface area contributed by atoms with Crippen LogP contribution in [0.5, 0.6) is 0 Å². The van der Waals surface area contributed by atoms with E-state index in [2.05, 4.69) is 29.0 Å². The zero-order valence-electron chi connectivity index (χ0n) is 19.0. The van der Waals surface area contributed by atoms with Crippen molar-refractivity contribution in [2.75, 3.05) is 23.7 Å². The Labute approximate surface area is 176 Å². The highest BCUT2D eigenvalue weighted by atomic mass is 28.4. The van der Waals surface area contributed by atoms with E-state index < -0.39 is 20.0 Å². The molecule has 0 aromatic carbocycles. The van der Waals surface area contributed by atoms with Gasteiger partial charge in [-0.25, -0.2) is 4.79 Å². The molecule has 7 nitrogen and oxygen atoms in total. The average molecular weight is 423 g/mol. The molecule has 1 aromatic rings. The Hall–Kier alpha value is -1.80. The van der Waals surface area contributed by atoms with Gasteiger partial charge in [-0.1, -0.05) is 13.8 Å². The van der Waals surface area contributed by atoms with Crippen LogP contribution < -0.4 is 16.0 Å². The first-order valence-corrected chi connectivity index (χ1v) is 13.3. The second-order valence-electron chi connectivity index (χ2n) is 10.3. The van der Waals surface area contributed by atoms with E-state index in [1.54, 1.807) is 12.4 Å². The number of hydrogen-bond donors (Lipinski definition) is 3. The van der Waals surface area contributed by atoms with E-state index in [1.807, 2.05) is 39.9 Å². The molecular weight excluding hydrogens is 384 g/mol. The van der Waals surface area contributed by atoms with E-state index in [0.29, 0.717) is 12.2 Å². The Bertz CT molecular complexity index is 713. The number of ether oxygens (including phenoxy) is 1. The molecule has 2 atom stereocenters. The predicted octanol–water partition coefficient (Wildman–Crippen LogP) is 3.75. The number of carbonyl (C=O) groups is 1. The number of anilines is 2. The summed E-state index contributed by atoms with van der Waals surface area (Å²) in [4.78, 5) is 29.5. The van der Waals surface area contributed by atoms with E-state index in [-0.39, 0.29) is 17.0 Å². The lowest BCUT2D eigenvalue weighted by atomic mass is 9.84. The zero-order chi connectivity index (χ0) is 22.0. The Balaban J connectivity index is 2.22. The van der Waals surface area contributed by atoms with Crippen LogP contribution in [0.25, 0.3) is 0 Å². The van der Waals surface area contributed by atoms with Crippen LogP contribution in [0.15, 0.2) is 18.5 Å². The summed E-state index contributed by atoms with van der Waals surface area (Å²) in [6, 6.07) is 1.82. The topological polar surface area (TPSA) is 101 Å². The van der Waals surface area contributed by atoms with Crippen molar-refractivity contribution in [2.24, 2.45) is 5.92 Å². The number of hydrogen-bond acceptors (Lipinski definition) is 6. The molecule has 164 valence electrons. The number of nitrogens with two attached hydrogens (primary N) is 1. The first-order valence-electron chi connectivity index (χ1n) is 10.4. The summed E-state index contributed by atoms with van der Waals surface area (Å²) in [5, 5.41) is 2.93. The highest BCUT2D eigenvalue weighted by Gasteiger charge is 2.43. The number of pyridine rings is 1. The molecule has 0 aliphatic carbocycles. The number of nitrogens with one attached hydrogen (secondary N) is 1. The Morgan fingerprint density at radius 3 is 2.59 bits per heavy atom. The highest BCUT2D eigenvalue weighted by Crippen LogP contribution is 2.44. The zero-order valence-corrected chi connectivity index (χ0v) is 20.0. The quantitative estimate of drug-likeness (QED) is 0.625. The molecule has 1 aliphatic heterocycles. The third-order valence-corrected chi connectivity index (χ3v) is 9.57. The minimum atomic E-state index is -2.35. The largest absolute Gasteiger partial charge is 0.444 e. The van der Waals surface area contributed by atoms with E-state index in [1.165, 1.54) is 0 Å². The summed E-state index contributed by atoms with van der Waals surface area (Å²) in [6.45, 7) is 15.3. The molecule has 2 rings (SSSR count). The lowest BCUT2D eigenvalue weighted by Crippen LogP contribution is -2.55. The Morgan fingerprint density at radius 1 is 1.38 bits per heavy atom. The van der Waals surface area contributed by atoms with Gasteiger partial charge in [0.1, 0.15) is 5.60 Å². The second kappa shape index (κ2) is 8.51.